The topological polar surface area (TPSA) is 102 Å². The molecule has 0 atom stereocenters. The molecule has 1 fully saturated rings. The van der Waals surface area contributed by atoms with Crippen LogP contribution in [0.1, 0.15) is 31.7 Å². The lowest BCUT2D eigenvalue weighted by Gasteiger charge is -2.15. The molecule has 8 nitrogen and oxygen atoms in total. The maximum absolute atomic E-state index is 12.5. The fourth-order valence-corrected chi connectivity index (χ4v) is 4.96. The van der Waals surface area contributed by atoms with E-state index < -0.39 is 28.5 Å². The highest BCUT2D eigenvalue weighted by molar-refractivity contribution is 7.89. The Bertz CT molecular complexity index is 1030. The van der Waals surface area contributed by atoms with Gasteiger partial charge in [0.25, 0.3) is 5.91 Å². The molecule has 0 aromatic heterocycles. The highest BCUT2D eigenvalue weighted by atomic mass is 32.2. The second-order valence-electron chi connectivity index (χ2n) is 7.39. The first-order valence-electron chi connectivity index (χ1n) is 10.7. The molecule has 1 N–H and O–H groups in total. The highest BCUT2D eigenvalue weighted by Gasteiger charge is 2.26. The van der Waals surface area contributed by atoms with Gasteiger partial charge in [-0.15, -0.1) is 0 Å². The van der Waals surface area contributed by atoms with Crippen molar-refractivity contribution in [1.29, 1.82) is 0 Å². The summed E-state index contributed by atoms with van der Waals surface area (Å²) in [6, 6.07) is 13.4. The molecule has 0 radical (unpaired) electrons. The van der Waals surface area contributed by atoms with E-state index in [1.165, 1.54) is 28.6 Å². The third-order valence-corrected chi connectivity index (χ3v) is 6.99. The van der Waals surface area contributed by atoms with E-state index in [0.29, 0.717) is 31.8 Å². The average molecular weight is 461 g/mol. The number of aryl methyl sites for hydroxylation is 1. The first-order valence-corrected chi connectivity index (χ1v) is 12.1. The zero-order valence-electron chi connectivity index (χ0n) is 18.1. The average Bonchev–Trinajstić information content (AvgIpc) is 3.34. The number of hydrogen-bond donors (Lipinski definition) is 1. The lowest BCUT2D eigenvalue weighted by atomic mass is 10.1. The number of anilines is 1. The minimum Gasteiger partial charge on any atom is -0.494 e. The van der Waals surface area contributed by atoms with Crippen molar-refractivity contribution in [2.45, 2.75) is 37.5 Å². The molecule has 32 heavy (non-hydrogen) atoms. The van der Waals surface area contributed by atoms with E-state index in [1.807, 2.05) is 31.2 Å². The van der Waals surface area contributed by atoms with Crippen LogP contribution in [0.15, 0.2) is 53.4 Å². The molecule has 2 aromatic rings. The van der Waals surface area contributed by atoms with Crippen LogP contribution >= 0.6 is 0 Å². The smallest absolute Gasteiger partial charge is 0.306 e. The van der Waals surface area contributed by atoms with Crippen molar-refractivity contribution in [3.8, 4) is 5.75 Å². The summed E-state index contributed by atoms with van der Waals surface area (Å²) in [6.45, 7) is 3.07. The van der Waals surface area contributed by atoms with Crippen molar-refractivity contribution in [3.63, 3.8) is 0 Å². The number of carbonyl (C=O) groups excluding carboxylic acids is 2. The fourth-order valence-electron chi connectivity index (χ4n) is 3.45. The molecule has 1 saturated heterocycles. The Morgan fingerprint density at radius 3 is 2.41 bits per heavy atom. The van der Waals surface area contributed by atoms with Gasteiger partial charge in [-0.1, -0.05) is 18.2 Å². The number of para-hydroxylation sites is 1. The summed E-state index contributed by atoms with van der Waals surface area (Å²) in [5.41, 5.74) is 1.33. The number of rotatable bonds is 10. The highest BCUT2D eigenvalue weighted by Crippen LogP contribution is 2.22. The van der Waals surface area contributed by atoms with Crippen molar-refractivity contribution < 1.29 is 27.5 Å². The molecule has 1 aliphatic heterocycles. The summed E-state index contributed by atoms with van der Waals surface area (Å²) in [5.74, 6) is -0.252. The molecule has 172 valence electrons. The normalized spacial score (nSPS) is 14.2. The van der Waals surface area contributed by atoms with E-state index in [0.717, 1.165) is 24.2 Å². The van der Waals surface area contributed by atoms with Crippen molar-refractivity contribution >= 4 is 27.6 Å². The quantitative estimate of drug-likeness (QED) is 0.547. The molecule has 1 aliphatic rings. The SMILES string of the molecule is CCOc1ccccc1CCC(=O)OCC(=O)Nc1ccc(S(=O)(=O)N2CCCC2)cc1. The number of ether oxygens (including phenoxy) is 2. The van der Waals surface area contributed by atoms with Crippen LogP contribution in [0.5, 0.6) is 5.75 Å². The van der Waals surface area contributed by atoms with Crippen LogP contribution in [0.3, 0.4) is 0 Å². The van der Waals surface area contributed by atoms with Gasteiger partial charge in [0.15, 0.2) is 6.61 Å². The summed E-state index contributed by atoms with van der Waals surface area (Å²) in [4.78, 5) is 24.3. The Kier molecular flexibility index (Phi) is 8.24. The Balaban J connectivity index is 1.45. The van der Waals surface area contributed by atoms with Crippen LogP contribution in [0.4, 0.5) is 5.69 Å². The number of amides is 1. The molecule has 0 spiro atoms. The van der Waals surface area contributed by atoms with Gasteiger partial charge in [0, 0.05) is 25.2 Å². The summed E-state index contributed by atoms with van der Waals surface area (Å²) in [6.07, 6.45) is 2.31. The van der Waals surface area contributed by atoms with Gasteiger partial charge in [-0.25, -0.2) is 8.42 Å². The van der Waals surface area contributed by atoms with Crippen LogP contribution < -0.4 is 10.1 Å². The lowest BCUT2D eigenvalue weighted by molar-refractivity contribution is -0.147. The predicted molar refractivity (Wildman–Crippen MR) is 120 cm³/mol. The molecule has 9 heteroatoms. The third kappa shape index (κ3) is 6.30. The summed E-state index contributed by atoms with van der Waals surface area (Å²) in [5, 5.41) is 2.60. The predicted octanol–water partition coefficient (Wildman–Crippen LogP) is 2.98. The first kappa shape index (κ1) is 23.7. The number of hydrogen-bond acceptors (Lipinski definition) is 6. The molecule has 1 amide bonds. The van der Waals surface area contributed by atoms with Crippen molar-refractivity contribution in [1.82, 2.24) is 4.31 Å². The molecule has 2 aromatic carbocycles. The monoisotopic (exact) mass is 460 g/mol. The van der Waals surface area contributed by atoms with Gasteiger partial charge >= 0.3 is 5.97 Å². The molecule has 0 aliphatic carbocycles. The van der Waals surface area contributed by atoms with E-state index in [2.05, 4.69) is 5.32 Å². The number of benzene rings is 2. The van der Waals surface area contributed by atoms with Gasteiger partial charge in [0.05, 0.1) is 11.5 Å². The standard InChI is InChI=1S/C23H28N2O6S/c1-2-30-21-8-4-3-7-18(21)9-14-23(27)31-17-22(26)24-19-10-12-20(13-11-19)32(28,29)25-15-5-6-16-25/h3-4,7-8,10-13H,2,5-6,9,14-17H2,1H3,(H,24,26). The van der Waals surface area contributed by atoms with Crippen LogP contribution in [-0.4, -0.2) is 50.9 Å². The first-order chi connectivity index (χ1) is 15.4. The van der Waals surface area contributed by atoms with Crippen LogP contribution in [0.2, 0.25) is 0 Å². The van der Waals surface area contributed by atoms with Gasteiger partial charge in [-0.05, 0) is 62.1 Å². The second kappa shape index (κ2) is 11.1. The Hall–Kier alpha value is -2.91. The van der Waals surface area contributed by atoms with E-state index >= 15 is 0 Å². The van der Waals surface area contributed by atoms with Crippen LogP contribution in [0, 0.1) is 0 Å². The Labute approximate surface area is 188 Å². The van der Waals surface area contributed by atoms with E-state index in [-0.39, 0.29) is 11.3 Å². The summed E-state index contributed by atoms with van der Waals surface area (Å²) < 4.78 is 37.1. The lowest BCUT2D eigenvalue weighted by Crippen LogP contribution is -2.27. The zero-order valence-corrected chi connectivity index (χ0v) is 18.9. The van der Waals surface area contributed by atoms with Gasteiger partial charge in [0.2, 0.25) is 10.0 Å². The third-order valence-electron chi connectivity index (χ3n) is 5.08. The van der Waals surface area contributed by atoms with Gasteiger partial charge in [0.1, 0.15) is 5.75 Å². The summed E-state index contributed by atoms with van der Waals surface area (Å²) in [7, 11) is -3.50. The number of carbonyl (C=O) groups is 2. The zero-order chi connectivity index (χ0) is 23.0. The molecule has 0 saturated carbocycles. The molecule has 3 rings (SSSR count). The second-order valence-corrected chi connectivity index (χ2v) is 9.32. The van der Waals surface area contributed by atoms with Gasteiger partial charge in [-0.3, -0.25) is 9.59 Å². The number of esters is 1. The van der Waals surface area contributed by atoms with Crippen molar-refractivity contribution in [2.24, 2.45) is 0 Å². The number of nitrogens with one attached hydrogen (secondary N) is 1. The number of nitrogens with zero attached hydrogens (tertiary/aromatic N) is 1. The maximum Gasteiger partial charge on any atom is 0.306 e. The number of sulfonamides is 1. The van der Waals surface area contributed by atoms with Gasteiger partial charge in [-0.2, -0.15) is 4.31 Å². The van der Waals surface area contributed by atoms with E-state index in [9.17, 15) is 18.0 Å². The van der Waals surface area contributed by atoms with Crippen LogP contribution in [0.25, 0.3) is 0 Å². The van der Waals surface area contributed by atoms with E-state index in [4.69, 9.17) is 9.47 Å². The van der Waals surface area contributed by atoms with Crippen molar-refractivity contribution in [2.75, 3.05) is 31.6 Å². The molecule has 0 bridgehead atoms. The molecular formula is C23H28N2O6S. The Morgan fingerprint density at radius 1 is 1.03 bits per heavy atom. The van der Waals surface area contributed by atoms with E-state index in [1.54, 1.807) is 0 Å². The minimum absolute atomic E-state index is 0.125. The molecule has 0 unspecified atom stereocenters. The maximum atomic E-state index is 12.5. The fraction of sp³-hybridized carbons (Fsp3) is 0.391. The molecule has 1 heterocycles. The van der Waals surface area contributed by atoms with Crippen molar-refractivity contribution in [3.05, 3.63) is 54.1 Å². The van der Waals surface area contributed by atoms with Crippen LogP contribution in [-0.2, 0) is 30.8 Å². The van der Waals surface area contributed by atoms with Gasteiger partial charge < -0.3 is 14.8 Å². The Morgan fingerprint density at radius 2 is 1.72 bits per heavy atom. The minimum atomic E-state index is -3.50. The molecular weight excluding hydrogens is 432 g/mol. The summed E-state index contributed by atoms with van der Waals surface area (Å²) >= 11 is 0. The largest absolute Gasteiger partial charge is 0.494 e.